The number of anilines is 2. The van der Waals surface area contributed by atoms with E-state index >= 15 is 0 Å². The van der Waals surface area contributed by atoms with Gasteiger partial charge in [0.1, 0.15) is 0 Å². The second kappa shape index (κ2) is 4.75. The van der Waals surface area contributed by atoms with E-state index in [9.17, 15) is 4.79 Å². The van der Waals surface area contributed by atoms with Gasteiger partial charge in [0.15, 0.2) is 0 Å². The minimum absolute atomic E-state index is 0.133. The molecule has 1 aromatic rings. The number of rotatable bonds is 3. The maximum atomic E-state index is 11.9. The van der Waals surface area contributed by atoms with E-state index in [0.717, 1.165) is 24.3 Å². The molecule has 1 aliphatic heterocycles. The Morgan fingerprint density at radius 1 is 1.35 bits per heavy atom. The molecule has 0 radical (unpaired) electrons. The van der Waals surface area contributed by atoms with Crippen molar-refractivity contribution in [3.8, 4) is 0 Å². The molecule has 1 atom stereocenters. The molecule has 1 heterocycles. The van der Waals surface area contributed by atoms with Crippen LogP contribution in [0.25, 0.3) is 0 Å². The van der Waals surface area contributed by atoms with E-state index in [0.29, 0.717) is 6.54 Å². The molecule has 0 aromatic heterocycles. The fraction of sp³-hybridized carbons (Fsp3) is 0.462. The third kappa shape index (κ3) is 2.42. The molecule has 2 N–H and O–H groups in total. The molecule has 4 heteroatoms. The Bertz CT molecular complexity index is 417. The van der Waals surface area contributed by atoms with Crippen molar-refractivity contribution in [2.75, 3.05) is 29.9 Å². The number of nitrogens with zero attached hydrogens (tertiary/aromatic N) is 2. The standard InChI is InChI=1S/C13H19N3O/c1-10(14)7-8-16-9-13(17)15(2)11-5-3-4-6-12(11)16/h3-6,10H,7-9,14H2,1-2H3. The normalized spacial score (nSPS) is 17.0. The van der Waals surface area contributed by atoms with Gasteiger partial charge in [-0.3, -0.25) is 4.79 Å². The fourth-order valence-corrected chi connectivity index (χ4v) is 2.06. The molecule has 1 amide bonds. The van der Waals surface area contributed by atoms with E-state index in [1.54, 1.807) is 4.90 Å². The van der Waals surface area contributed by atoms with Gasteiger partial charge >= 0.3 is 0 Å². The van der Waals surface area contributed by atoms with Crippen molar-refractivity contribution in [2.45, 2.75) is 19.4 Å². The van der Waals surface area contributed by atoms with Crippen LogP contribution in [0.2, 0.25) is 0 Å². The van der Waals surface area contributed by atoms with Crippen LogP contribution in [0.3, 0.4) is 0 Å². The average molecular weight is 233 g/mol. The topological polar surface area (TPSA) is 49.6 Å². The van der Waals surface area contributed by atoms with Crippen LogP contribution >= 0.6 is 0 Å². The molecule has 1 aromatic carbocycles. The Kier molecular flexibility index (Phi) is 3.33. The Morgan fingerprint density at radius 3 is 2.65 bits per heavy atom. The van der Waals surface area contributed by atoms with E-state index < -0.39 is 0 Å². The largest absolute Gasteiger partial charge is 0.360 e. The van der Waals surface area contributed by atoms with Crippen molar-refractivity contribution >= 4 is 17.3 Å². The molecule has 1 unspecified atom stereocenters. The summed E-state index contributed by atoms with van der Waals surface area (Å²) in [6.45, 7) is 3.26. The quantitative estimate of drug-likeness (QED) is 0.853. The SMILES string of the molecule is CC(N)CCN1CC(=O)N(C)c2ccccc21. The molecule has 2 rings (SSSR count). The molecule has 4 nitrogen and oxygen atoms in total. The van der Waals surface area contributed by atoms with Gasteiger partial charge in [0.2, 0.25) is 5.91 Å². The van der Waals surface area contributed by atoms with Crippen LogP contribution in [0.4, 0.5) is 11.4 Å². The zero-order chi connectivity index (χ0) is 12.4. The molecule has 17 heavy (non-hydrogen) atoms. The van der Waals surface area contributed by atoms with Crippen molar-refractivity contribution in [3.63, 3.8) is 0 Å². The van der Waals surface area contributed by atoms with Crippen molar-refractivity contribution in [1.29, 1.82) is 0 Å². The van der Waals surface area contributed by atoms with Crippen molar-refractivity contribution in [1.82, 2.24) is 0 Å². The first kappa shape index (κ1) is 11.9. The molecule has 0 aliphatic carbocycles. The maximum absolute atomic E-state index is 11.9. The highest BCUT2D eigenvalue weighted by molar-refractivity contribution is 6.02. The molecular weight excluding hydrogens is 214 g/mol. The second-order valence-corrected chi connectivity index (χ2v) is 4.63. The van der Waals surface area contributed by atoms with Crippen LogP contribution in [0, 0.1) is 0 Å². The fourth-order valence-electron chi connectivity index (χ4n) is 2.06. The highest BCUT2D eigenvalue weighted by Crippen LogP contribution is 2.32. The Labute approximate surface area is 102 Å². The number of amides is 1. The number of para-hydroxylation sites is 2. The summed E-state index contributed by atoms with van der Waals surface area (Å²) in [5, 5.41) is 0. The van der Waals surface area contributed by atoms with Gasteiger partial charge < -0.3 is 15.5 Å². The summed E-state index contributed by atoms with van der Waals surface area (Å²) in [7, 11) is 1.82. The van der Waals surface area contributed by atoms with Gasteiger partial charge in [-0.25, -0.2) is 0 Å². The number of likely N-dealkylation sites (N-methyl/N-ethyl adjacent to an activating group) is 1. The van der Waals surface area contributed by atoms with E-state index in [2.05, 4.69) is 11.0 Å². The number of hydrogen-bond donors (Lipinski definition) is 1. The van der Waals surface area contributed by atoms with E-state index in [4.69, 9.17) is 5.73 Å². The lowest BCUT2D eigenvalue weighted by molar-refractivity contribution is -0.117. The summed E-state index contributed by atoms with van der Waals surface area (Å²) >= 11 is 0. The van der Waals surface area contributed by atoms with Gasteiger partial charge in [-0.1, -0.05) is 12.1 Å². The van der Waals surface area contributed by atoms with Gasteiger partial charge in [0.25, 0.3) is 0 Å². The number of fused-ring (bicyclic) bond motifs is 1. The number of carbonyl (C=O) groups excluding carboxylic acids is 1. The van der Waals surface area contributed by atoms with Gasteiger partial charge in [-0.05, 0) is 25.5 Å². The summed E-state index contributed by atoms with van der Waals surface area (Å²) < 4.78 is 0. The highest BCUT2D eigenvalue weighted by Gasteiger charge is 2.25. The molecule has 0 saturated carbocycles. The van der Waals surface area contributed by atoms with Gasteiger partial charge in [-0.2, -0.15) is 0 Å². The van der Waals surface area contributed by atoms with E-state index in [1.165, 1.54) is 0 Å². The van der Waals surface area contributed by atoms with Crippen LogP contribution in [0.5, 0.6) is 0 Å². The van der Waals surface area contributed by atoms with Crippen molar-refractivity contribution < 1.29 is 4.79 Å². The minimum atomic E-state index is 0.133. The van der Waals surface area contributed by atoms with Crippen LogP contribution in [-0.4, -0.2) is 32.1 Å². The first-order valence-corrected chi connectivity index (χ1v) is 5.95. The maximum Gasteiger partial charge on any atom is 0.246 e. The minimum Gasteiger partial charge on any atom is -0.360 e. The molecule has 1 aliphatic rings. The van der Waals surface area contributed by atoms with E-state index in [-0.39, 0.29) is 11.9 Å². The number of carbonyl (C=O) groups is 1. The number of benzene rings is 1. The third-order valence-electron chi connectivity index (χ3n) is 3.14. The first-order valence-electron chi connectivity index (χ1n) is 5.95. The zero-order valence-corrected chi connectivity index (χ0v) is 10.4. The Hall–Kier alpha value is -1.55. The summed E-state index contributed by atoms with van der Waals surface area (Å²) in [5.41, 5.74) is 7.87. The van der Waals surface area contributed by atoms with Crippen molar-refractivity contribution in [2.24, 2.45) is 5.73 Å². The smallest absolute Gasteiger partial charge is 0.246 e. The van der Waals surface area contributed by atoms with Crippen LogP contribution in [0.1, 0.15) is 13.3 Å². The molecular formula is C13H19N3O. The lowest BCUT2D eigenvalue weighted by atomic mass is 10.1. The first-order chi connectivity index (χ1) is 8.09. The summed E-state index contributed by atoms with van der Waals surface area (Å²) in [6.07, 6.45) is 0.894. The highest BCUT2D eigenvalue weighted by atomic mass is 16.2. The third-order valence-corrected chi connectivity index (χ3v) is 3.14. The molecule has 0 bridgehead atoms. The average Bonchev–Trinajstić information content (AvgIpc) is 2.32. The molecule has 0 saturated heterocycles. The van der Waals surface area contributed by atoms with Crippen LogP contribution in [-0.2, 0) is 4.79 Å². The Balaban J connectivity index is 2.24. The van der Waals surface area contributed by atoms with Gasteiger partial charge in [0.05, 0.1) is 17.9 Å². The van der Waals surface area contributed by atoms with Gasteiger partial charge in [-0.15, -0.1) is 0 Å². The summed E-state index contributed by atoms with van der Waals surface area (Å²) in [4.78, 5) is 15.7. The Morgan fingerprint density at radius 2 is 2.00 bits per heavy atom. The monoisotopic (exact) mass is 233 g/mol. The van der Waals surface area contributed by atoms with E-state index in [1.807, 2.05) is 32.2 Å². The van der Waals surface area contributed by atoms with Crippen LogP contribution < -0.4 is 15.5 Å². The van der Waals surface area contributed by atoms with Gasteiger partial charge in [0, 0.05) is 19.6 Å². The number of nitrogens with two attached hydrogens (primary N) is 1. The number of hydrogen-bond acceptors (Lipinski definition) is 3. The predicted molar refractivity (Wildman–Crippen MR) is 70.3 cm³/mol. The lowest BCUT2D eigenvalue weighted by Gasteiger charge is -2.35. The van der Waals surface area contributed by atoms with Crippen LogP contribution in [0.15, 0.2) is 24.3 Å². The zero-order valence-electron chi connectivity index (χ0n) is 10.4. The molecule has 92 valence electrons. The molecule has 0 spiro atoms. The second-order valence-electron chi connectivity index (χ2n) is 4.63. The lowest BCUT2D eigenvalue weighted by Crippen LogP contribution is -2.45. The summed E-state index contributed by atoms with van der Waals surface area (Å²) in [6, 6.07) is 8.15. The summed E-state index contributed by atoms with van der Waals surface area (Å²) in [5.74, 6) is 0.133. The van der Waals surface area contributed by atoms with Crippen molar-refractivity contribution in [3.05, 3.63) is 24.3 Å². The molecule has 0 fully saturated rings. The predicted octanol–water partition coefficient (Wildman–Crippen LogP) is 1.21.